The summed E-state index contributed by atoms with van der Waals surface area (Å²) in [6, 6.07) is 12.9. The topological polar surface area (TPSA) is 112 Å². The van der Waals surface area contributed by atoms with Crippen LogP contribution in [-0.2, 0) is 0 Å². The Morgan fingerprint density at radius 1 is 1.18 bits per heavy atom. The van der Waals surface area contributed by atoms with Crippen molar-refractivity contribution in [1.29, 1.82) is 0 Å². The van der Waals surface area contributed by atoms with Crippen molar-refractivity contribution in [2.24, 2.45) is 0 Å². The highest BCUT2D eigenvalue weighted by Gasteiger charge is 2.18. The molecule has 138 valence electrons. The lowest BCUT2D eigenvalue weighted by Crippen LogP contribution is -2.05. The van der Waals surface area contributed by atoms with Gasteiger partial charge in [0.05, 0.1) is 11.2 Å². The number of anilines is 2. The summed E-state index contributed by atoms with van der Waals surface area (Å²) < 4.78 is 5.56. The minimum atomic E-state index is -0.128. The Morgan fingerprint density at radius 3 is 2.96 bits per heavy atom. The number of nitrogens with one attached hydrogen (secondary N) is 3. The number of aromatic nitrogens is 5. The Kier molecular flexibility index (Phi) is 3.68. The van der Waals surface area contributed by atoms with Crippen LogP contribution in [0.5, 0.6) is 0 Å². The second kappa shape index (κ2) is 6.34. The van der Waals surface area contributed by atoms with Crippen LogP contribution in [0.4, 0.5) is 11.5 Å². The predicted molar refractivity (Wildman–Crippen MR) is 106 cm³/mol. The van der Waals surface area contributed by atoms with Gasteiger partial charge in [-0.15, -0.1) is 0 Å². The first-order valence-electron chi connectivity index (χ1n) is 8.83. The van der Waals surface area contributed by atoms with Gasteiger partial charge >= 0.3 is 0 Å². The number of H-pyrrole nitrogens is 2. The zero-order valence-corrected chi connectivity index (χ0v) is 14.9. The predicted octanol–water partition coefficient (Wildman–Crippen LogP) is 3.68. The molecule has 8 heteroatoms. The van der Waals surface area contributed by atoms with Gasteiger partial charge in [-0.3, -0.25) is 14.9 Å². The maximum Gasteiger partial charge on any atom is 0.247 e. The van der Waals surface area contributed by atoms with Gasteiger partial charge in [-0.1, -0.05) is 18.1 Å². The van der Waals surface area contributed by atoms with Gasteiger partial charge in [0.15, 0.2) is 11.4 Å². The minimum absolute atomic E-state index is 0.0172. The number of pyridine rings is 2. The van der Waals surface area contributed by atoms with Gasteiger partial charge in [0.25, 0.3) is 0 Å². The molecule has 1 unspecified atom stereocenters. The first-order chi connectivity index (χ1) is 13.7. The Hall–Kier alpha value is -3.94. The molecule has 28 heavy (non-hydrogen) atoms. The summed E-state index contributed by atoms with van der Waals surface area (Å²) in [5.74, 6) is 0.632. The molecule has 5 rings (SSSR count). The molecule has 0 spiro atoms. The molecule has 1 atom stereocenters. The van der Waals surface area contributed by atoms with Crippen molar-refractivity contribution in [3.63, 3.8) is 0 Å². The maximum atomic E-state index is 11.3. The third-order valence-corrected chi connectivity index (χ3v) is 4.80. The van der Waals surface area contributed by atoms with Gasteiger partial charge in [0.2, 0.25) is 5.56 Å². The van der Waals surface area contributed by atoms with Crippen molar-refractivity contribution in [2.75, 3.05) is 5.32 Å². The molecule has 0 saturated carbocycles. The van der Waals surface area contributed by atoms with E-state index in [-0.39, 0.29) is 11.5 Å². The number of rotatable bonds is 4. The van der Waals surface area contributed by atoms with Crippen LogP contribution in [-0.4, -0.2) is 25.3 Å². The summed E-state index contributed by atoms with van der Waals surface area (Å²) >= 11 is 0. The van der Waals surface area contributed by atoms with E-state index < -0.39 is 0 Å². The zero-order chi connectivity index (χ0) is 19.1. The van der Waals surface area contributed by atoms with E-state index in [1.807, 2.05) is 37.3 Å². The molecule has 0 amide bonds. The summed E-state index contributed by atoms with van der Waals surface area (Å²) in [4.78, 5) is 18.3. The van der Waals surface area contributed by atoms with Crippen molar-refractivity contribution in [1.82, 2.24) is 25.3 Å². The lowest BCUT2D eigenvalue weighted by Gasteiger charge is -2.08. The van der Waals surface area contributed by atoms with E-state index in [9.17, 15) is 4.79 Å². The van der Waals surface area contributed by atoms with E-state index in [1.165, 1.54) is 6.07 Å². The second-order valence-electron chi connectivity index (χ2n) is 6.58. The lowest BCUT2D eigenvalue weighted by atomic mass is 9.97. The van der Waals surface area contributed by atoms with Crippen LogP contribution >= 0.6 is 0 Å². The minimum Gasteiger partial charge on any atom is -0.356 e. The zero-order valence-electron chi connectivity index (χ0n) is 14.9. The molecule has 3 N–H and O–H groups in total. The van der Waals surface area contributed by atoms with Crippen LogP contribution in [0.3, 0.4) is 0 Å². The highest BCUT2D eigenvalue weighted by atomic mass is 16.5. The standard InChI is InChI=1S/C20H16N6O2/c1-11(12-4-7-17(27)22-10-12)18-14-6-5-13(9-16(14)28-26-18)23-20-19-15(24-25-20)3-2-8-21-19/h2-11H,1H3,(H,22,27)(H2,23,24,25). The largest absolute Gasteiger partial charge is 0.356 e. The fraction of sp³-hybridized carbons (Fsp3) is 0.100. The van der Waals surface area contributed by atoms with E-state index in [0.29, 0.717) is 11.4 Å². The van der Waals surface area contributed by atoms with Crippen LogP contribution < -0.4 is 10.9 Å². The third kappa shape index (κ3) is 2.71. The molecule has 0 aliphatic carbocycles. The van der Waals surface area contributed by atoms with Gasteiger partial charge in [0.1, 0.15) is 5.52 Å². The SMILES string of the molecule is CC(c1ccc(=O)[nH]c1)c1noc2cc(Nc3n[nH]c4cccnc34)ccc12. The molecule has 8 nitrogen and oxygen atoms in total. The van der Waals surface area contributed by atoms with Gasteiger partial charge in [-0.2, -0.15) is 5.10 Å². The summed E-state index contributed by atoms with van der Waals surface area (Å²) in [6.45, 7) is 2.03. The molecule has 0 bridgehead atoms. The van der Waals surface area contributed by atoms with Gasteiger partial charge in [-0.25, -0.2) is 0 Å². The fourth-order valence-corrected chi connectivity index (χ4v) is 3.27. The Morgan fingerprint density at radius 2 is 2.11 bits per heavy atom. The fourth-order valence-electron chi connectivity index (χ4n) is 3.27. The molecule has 0 aliphatic heterocycles. The Balaban J connectivity index is 1.48. The lowest BCUT2D eigenvalue weighted by molar-refractivity contribution is 0.443. The molecule has 4 aromatic heterocycles. The maximum absolute atomic E-state index is 11.3. The van der Waals surface area contributed by atoms with Crippen LogP contribution in [0, 0.1) is 0 Å². The first kappa shape index (κ1) is 16.2. The van der Waals surface area contributed by atoms with E-state index in [2.05, 4.69) is 30.6 Å². The molecule has 0 radical (unpaired) electrons. The number of hydrogen-bond donors (Lipinski definition) is 3. The number of fused-ring (bicyclic) bond motifs is 2. The van der Waals surface area contributed by atoms with Gasteiger partial charge in [0, 0.05) is 41.5 Å². The second-order valence-corrected chi connectivity index (χ2v) is 6.58. The summed E-state index contributed by atoms with van der Waals surface area (Å²) in [5, 5.41) is 15.7. The van der Waals surface area contributed by atoms with Crippen molar-refractivity contribution < 1.29 is 4.52 Å². The van der Waals surface area contributed by atoms with Gasteiger partial charge in [-0.05, 0) is 29.8 Å². The van der Waals surface area contributed by atoms with Crippen LogP contribution in [0.25, 0.3) is 22.0 Å². The number of hydrogen-bond acceptors (Lipinski definition) is 6. The Bertz CT molecular complexity index is 1330. The van der Waals surface area contributed by atoms with E-state index in [4.69, 9.17) is 4.52 Å². The first-order valence-corrected chi connectivity index (χ1v) is 8.83. The Labute approximate surface area is 158 Å². The van der Waals surface area contributed by atoms with Gasteiger partial charge < -0.3 is 14.8 Å². The van der Waals surface area contributed by atoms with Crippen molar-refractivity contribution >= 4 is 33.5 Å². The van der Waals surface area contributed by atoms with Crippen LogP contribution in [0.2, 0.25) is 0 Å². The molecule has 1 aromatic carbocycles. The van der Waals surface area contributed by atoms with E-state index in [0.717, 1.165) is 33.4 Å². The van der Waals surface area contributed by atoms with Crippen molar-refractivity contribution in [3.05, 3.63) is 76.5 Å². The van der Waals surface area contributed by atoms with E-state index in [1.54, 1.807) is 18.5 Å². The number of nitrogens with zero attached hydrogens (tertiary/aromatic N) is 3. The molecule has 0 aliphatic rings. The molecular weight excluding hydrogens is 356 g/mol. The highest BCUT2D eigenvalue weighted by molar-refractivity contribution is 5.89. The molecule has 0 fully saturated rings. The molecule has 0 saturated heterocycles. The summed E-state index contributed by atoms with van der Waals surface area (Å²) in [5.41, 5.74) is 4.79. The summed E-state index contributed by atoms with van der Waals surface area (Å²) in [7, 11) is 0. The smallest absolute Gasteiger partial charge is 0.247 e. The third-order valence-electron chi connectivity index (χ3n) is 4.80. The van der Waals surface area contributed by atoms with Crippen molar-refractivity contribution in [2.45, 2.75) is 12.8 Å². The molecule has 5 aromatic rings. The summed E-state index contributed by atoms with van der Waals surface area (Å²) in [6.07, 6.45) is 3.44. The highest BCUT2D eigenvalue weighted by Crippen LogP contribution is 2.31. The van der Waals surface area contributed by atoms with Crippen LogP contribution in [0.15, 0.2) is 64.2 Å². The molecular formula is C20H16N6O2. The quantitative estimate of drug-likeness (QED) is 0.444. The monoisotopic (exact) mass is 372 g/mol. The van der Waals surface area contributed by atoms with Crippen LogP contribution in [0.1, 0.15) is 24.1 Å². The number of aromatic amines is 2. The molecule has 4 heterocycles. The van der Waals surface area contributed by atoms with E-state index >= 15 is 0 Å². The average Bonchev–Trinajstić information content (AvgIpc) is 3.32. The number of benzene rings is 1. The normalized spacial score (nSPS) is 12.5. The average molecular weight is 372 g/mol. The van der Waals surface area contributed by atoms with Crippen molar-refractivity contribution in [3.8, 4) is 0 Å².